The topological polar surface area (TPSA) is 12.0 Å². The van der Waals surface area contributed by atoms with Gasteiger partial charge in [0, 0.05) is 13.7 Å². The van der Waals surface area contributed by atoms with Gasteiger partial charge in [-0.05, 0) is 37.3 Å². The predicted octanol–water partition coefficient (Wildman–Crippen LogP) is 4.29. The van der Waals surface area contributed by atoms with Gasteiger partial charge in [0.05, 0.1) is 0 Å². The Morgan fingerprint density at radius 1 is 1.40 bits per heavy atom. The van der Waals surface area contributed by atoms with Crippen molar-refractivity contribution < 1.29 is 1.43 Å². The molecule has 0 unspecified atom stereocenters. The van der Waals surface area contributed by atoms with Crippen molar-refractivity contribution in [3.63, 3.8) is 0 Å². The molecule has 1 aliphatic heterocycles. The Morgan fingerprint density at radius 2 is 2.00 bits per heavy atom. The number of nitrogens with one attached hydrogen (secondary N) is 1. The van der Waals surface area contributed by atoms with E-state index in [1.807, 2.05) is 19.1 Å². The monoisotopic (exact) mass is 209 g/mol. The minimum atomic E-state index is 0. The Kier molecular flexibility index (Phi) is 7.79. The van der Waals surface area contributed by atoms with Crippen LogP contribution in [0.4, 0.5) is 0 Å². The molecule has 1 fully saturated rings. The third-order valence-corrected chi connectivity index (χ3v) is 1.81. The second-order valence-electron chi connectivity index (χ2n) is 4.47. The molecule has 0 atom stereocenters. The molecule has 0 aliphatic carbocycles. The van der Waals surface area contributed by atoms with Gasteiger partial charge in [-0.2, -0.15) is 0 Å². The van der Waals surface area contributed by atoms with Crippen molar-refractivity contribution in [2.24, 2.45) is 5.92 Å². The van der Waals surface area contributed by atoms with Gasteiger partial charge in [0.2, 0.25) is 0 Å². The van der Waals surface area contributed by atoms with E-state index in [9.17, 15) is 0 Å². The van der Waals surface area contributed by atoms with Crippen molar-refractivity contribution in [3.05, 3.63) is 36.1 Å². The zero-order valence-corrected chi connectivity index (χ0v) is 10.6. The molecule has 0 saturated carbocycles. The standard InChI is InChI=1S/C10H15N.C4H10.H2/c1-3-4-7-10-9(2)6-5-8-11-10;1-4(2)3;/h3-4,7,11H,2,5-6,8H2,1H3;4H,1-3H3;1H/b4-3-,10-7+;;. The lowest BCUT2D eigenvalue weighted by Crippen LogP contribution is -2.21. The largest absolute Gasteiger partial charge is 0.385 e. The normalized spacial score (nSPS) is 19.0. The number of piperidine rings is 1. The zero-order chi connectivity index (χ0) is 11.7. The van der Waals surface area contributed by atoms with Crippen LogP contribution in [0.2, 0.25) is 0 Å². The maximum absolute atomic E-state index is 3.98. The molecule has 0 bridgehead atoms. The first-order valence-electron chi connectivity index (χ1n) is 5.83. The van der Waals surface area contributed by atoms with Gasteiger partial charge in [0.15, 0.2) is 0 Å². The molecule has 1 saturated heterocycles. The Bertz CT molecular complexity index is 236. The van der Waals surface area contributed by atoms with Crippen molar-refractivity contribution in [3.8, 4) is 0 Å². The van der Waals surface area contributed by atoms with Gasteiger partial charge in [0.25, 0.3) is 0 Å². The van der Waals surface area contributed by atoms with Gasteiger partial charge < -0.3 is 5.32 Å². The molecular weight excluding hydrogens is 182 g/mol. The van der Waals surface area contributed by atoms with Crippen LogP contribution in [0.5, 0.6) is 0 Å². The Balaban J connectivity index is 0. The van der Waals surface area contributed by atoms with Crippen LogP contribution in [0, 0.1) is 5.92 Å². The molecule has 0 aromatic heterocycles. The number of hydrogen-bond acceptors (Lipinski definition) is 1. The second kappa shape index (κ2) is 8.34. The highest BCUT2D eigenvalue weighted by molar-refractivity contribution is 5.31. The van der Waals surface area contributed by atoms with Crippen LogP contribution in [0.3, 0.4) is 0 Å². The van der Waals surface area contributed by atoms with Gasteiger partial charge in [-0.1, -0.05) is 39.5 Å². The Hall–Kier alpha value is -0.980. The lowest BCUT2D eigenvalue weighted by Gasteiger charge is -2.18. The fraction of sp³-hybridized carbons (Fsp3) is 0.571. The minimum absolute atomic E-state index is 0. The lowest BCUT2D eigenvalue weighted by atomic mass is 10.0. The molecule has 0 aromatic carbocycles. The summed E-state index contributed by atoms with van der Waals surface area (Å²) in [4.78, 5) is 0. The van der Waals surface area contributed by atoms with E-state index in [-0.39, 0.29) is 1.43 Å². The number of allylic oxidation sites excluding steroid dienone is 4. The summed E-state index contributed by atoms with van der Waals surface area (Å²) in [6, 6.07) is 0. The quantitative estimate of drug-likeness (QED) is 0.679. The lowest BCUT2D eigenvalue weighted by molar-refractivity contribution is 0.671. The highest BCUT2D eigenvalue weighted by atomic mass is 14.9. The van der Waals surface area contributed by atoms with Crippen molar-refractivity contribution in [1.29, 1.82) is 0 Å². The van der Waals surface area contributed by atoms with Gasteiger partial charge in [-0.25, -0.2) is 0 Å². The summed E-state index contributed by atoms with van der Waals surface area (Å²) in [5.41, 5.74) is 2.43. The first kappa shape index (κ1) is 14.0. The van der Waals surface area contributed by atoms with Crippen LogP contribution >= 0.6 is 0 Å². The molecule has 0 amide bonds. The van der Waals surface area contributed by atoms with Crippen LogP contribution in [-0.4, -0.2) is 6.54 Å². The summed E-state index contributed by atoms with van der Waals surface area (Å²) in [6.45, 7) is 13.6. The summed E-state index contributed by atoms with van der Waals surface area (Å²) in [6.07, 6.45) is 8.50. The van der Waals surface area contributed by atoms with Gasteiger partial charge >= 0.3 is 0 Å². The van der Waals surface area contributed by atoms with Gasteiger partial charge in [-0.15, -0.1) is 0 Å². The molecule has 1 heterocycles. The molecule has 0 aromatic rings. The summed E-state index contributed by atoms with van der Waals surface area (Å²) in [7, 11) is 0. The molecule has 88 valence electrons. The molecule has 0 radical (unpaired) electrons. The van der Waals surface area contributed by atoms with Crippen LogP contribution in [0.1, 0.15) is 42.0 Å². The van der Waals surface area contributed by atoms with E-state index in [0.29, 0.717) is 0 Å². The smallest absolute Gasteiger partial charge is 0.0366 e. The molecule has 1 nitrogen and oxygen atoms in total. The van der Waals surface area contributed by atoms with Crippen molar-refractivity contribution in [2.75, 3.05) is 6.54 Å². The maximum Gasteiger partial charge on any atom is 0.0366 e. The molecule has 1 N–H and O–H groups in total. The van der Waals surface area contributed by atoms with Crippen LogP contribution < -0.4 is 5.32 Å². The van der Waals surface area contributed by atoms with Crippen LogP contribution in [-0.2, 0) is 0 Å². The van der Waals surface area contributed by atoms with E-state index in [1.165, 1.54) is 17.7 Å². The van der Waals surface area contributed by atoms with E-state index < -0.39 is 0 Å². The highest BCUT2D eigenvalue weighted by Gasteiger charge is 2.06. The van der Waals surface area contributed by atoms with Crippen LogP contribution in [0.15, 0.2) is 36.1 Å². The Labute approximate surface area is 96.4 Å². The fourth-order valence-corrected chi connectivity index (χ4v) is 1.15. The average molecular weight is 209 g/mol. The fourth-order valence-electron chi connectivity index (χ4n) is 1.15. The van der Waals surface area contributed by atoms with E-state index >= 15 is 0 Å². The van der Waals surface area contributed by atoms with Gasteiger partial charge in [-0.3, -0.25) is 0 Å². The van der Waals surface area contributed by atoms with Crippen molar-refractivity contribution in [1.82, 2.24) is 5.32 Å². The van der Waals surface area contributed by atoms with E-state index in [1.54, 1.807) is 0 Å². The SMILES string of the molecule is C=C1CCCN/C1=C/C=C\C.CC(C)C.[HH]. The molecule has 1 aliphatic rings. The minimum Gasteiger partial charge on any atom is -0.385 e. The third kappa shape index (κ3) is 8.04. The third-order valence-electron chi connectivity index (χ3n) is 1.81. The number of hydrogen-bond donors (Lipinski definition) is 1. The highest BCUT2D eigenvalue weighted by Crippen LogP contribution is 2.15. The molecule has 15 heavy (non-hydrogen) atoms. The van der Waals surface area contributed by atoms with Crippen molar-refractivity contribution >= 4 is 0 Å². The molecular formula is C14H27N. The van der Waals surface area contributed by atoms with E-state index in [0.717, 1.165) is 18.9 Å². The first-order chi connectivity index (χ1) is 7.07. The summed E-state index contributed by atoms with van der Waals surface area (Å²) < 4.78 is 0. The Morgan fingerprint density at radius 3 is 2.47 bits per heavy atom. The van der Waals surface area contributed by atoms with Crippen molar-refractivity contribution in [2.45, 2.75) is 40.5 Å². The first-order valence-corrected chi connectivity index (χ1v) is 5.83. The summed E-state index contributed by atoms with van der Waals surface area (Å²) in [5, 5.41) is 3.31. The summed E-state index contributed by atoms with van der Waals surface area (Å²) >= 11 is 0. The average Bonchev–Trinajstić information content (AvgIpc) is 2.16. The van der Waals surface area contributed by atoms with Crippen LogP contribution in [0.25, 0.3) is 0 Å². The van der Waals surface area contributed by atoms with E-state index in [2.05, 4.69) is 38.7 Å². The summed E-state index contributed by atoms with van der Waals surface area (Å²) in [5.74, 6) is 0.833. The zero-order valence-electron chi connectivity index (χ0n) is 10.6. The molecule has 0 spiro atoms. The predicted molar refractivity (Wildman–Crippen MR) is 71.9 cm³/mol. The van der Waals surface area contributed by atoms with E-state index in [4.69, 9.17) is 0 Å². The molecule has 1 rings (SSSR count). The second-order valence-corrected chi connectivity index (χ2v) is 4.47. The molecule has 1 heteroatoms. The van der Waals surface area contributed by atoms with Gasteiger partial charge in [0.1, 0.15) is 0 Å². The maximum atomic E-state index is 3.98. The number of rotatable bonds is 1.